The molecule has 0 unspecified atom stereocenters. The number of nitrogens with one attached hydrogen (secondary N) is 1. The van der Waals surface area contributed by atoms with E-state index < -0.39 is 0 Å². The van der Waals surface area contributed by atoms with Gasteiger partial charge in [0.1, 0.15) is 0 Å². The van der Waals surface area contributed by atoms with Crippen molar-refractivity contribution in [3.63, 3.8) is 0 Å². The van der Waals surface area contributed by atoms with E-state index in [9.17, 15) is 0 Å². The van der Waals surface area contributed by atoms with Gasteiger partial charge in [-0.15, -0.1) is 0 Å². The van der Waals surface area contributed by atoms with Crippen LogP contribution >= 0.6 is 23.2 Å². The number of hydrazone groups is 1. The molecular formula is C9H10Cl2N2. The summed E-state index contributed by atoms with van der Waals surface area (Å²) < 4.78 is 0. The Morgan fingerprint density at radius 2 is 1.77 bits per heavy atom. The van der Waals surface area contributed by atoms with Crippen molar-refractivity contribution in [2.24, 2.45) is 5.10 Å². The maximum atomic E-state index is 5.90. The van der Waals surface area contributed by atoms with Gasteiger partial charge in [0.25, 0.3) is 0 Å². The van der Waals surface area contributed by atoms with Gasteiger partial charge in [0.2, 0.25) is 0 Å². The SMILES string of the molecule is CC(C)=NNc1c(Cl)cccc1Cl. The summed E-state index contributed by atoms with van der Waals surface area (Å²) in [6, 6.07) is 5.31. The van der Waals surface area contributed by atoms with Gasteiger partial charge in [-0.05, 0) is 26.0 Å². The normalized spacial score (nSPS) is 9.54. The molecule has 0 atom stereocenters. The van der Waals surface area contributed by atoms with Crippen LogP contribution in [0.1, 0.15) is 13.8 Å². The van der Waals surface area contributed by atoms with E-state index in [2.05, 4.69) is 10.5 Å². The molecule has 70 valence electrons. The molecule has 13 heavy (non-hydrogen) atoms. The van der Waals surface area contributed by atoms with Gasteiger partial charge >= 0.3 is 0 Å². The number of hydrogen-bond acceptors (Lipinski definition) is 2. The Balaban J connectivity index is 2.94. The Morgan fingerprint density at radius 3 is 2.23 bits per heavy atom. The first-order valence-electron chi connectivity index (χ1n) is 3.82. The van der Waals surface area contributed by atoms with E-state index in [-0.39, 0.29) is 0 Å². The smallest absolute Gasteiger partial charge is 0.0934 e. The molecule has 0 aliphatic heterocycles. The van der Waals surface area contributed by atoms with E-state index in [1.165, 1.54) is 0 Å². The molecule has 0 fully saturated rings. The number of rotatable bonds is 2. The van der Waals surface area contributed by atoms with Crippen LogP contribution in [0.4, 0.5) is 5.69 Å². The van der Waals surface area contributed by atoms with Crippen molar-refractivity contribution in [3.8, 4) is 0 Å². The lowest BCUT2D eigenvalue weighted by Crippen LogP contribution is -1.94. The molecule has 0 radical (unpaired) electrons. The number of benzene rings is 1. The lowest BCUT2D eigenvalue weighted by molar-refractivity contribution is 1.32. The quantitative estimate of drug-likeness (QED) is 0.591. The van der Waals surface area contributed by atoms with Crippen LogP contribution in [0.3, 0.4) is 0 Å². The summed E-state index contributed by atoms with van der Waals surface area (Å²) in [5.41, 5.74) is 4.36. The summed E-state index contributed by atoms with van der Waals surface area (Å²) in [7, 11) is 0. The summed E-state index contributed by atoms with van der Waals surface area (Å²) in [5.74, 6) is 0. The van der Waals surface area contributed by atoms with E-state index in [0.717, 1.165) is 5.71 Å². The Hall–Kier alpha value is -0.730. The highest BCUT2D eigenvalue weighted by atomic mass is 35.5. The number of para-hydroxylation sites is 1. The third-order valence-electron chi connectivity index (χ3n) is 1.35. The van der Waals surface area contributed by atoms with E-state index in [1.807, 2.05) is 13.8 Å². The second kappa shape index (κ2) is 4.49. The fourth-order valence-electron chi connectivity index (χ4n) is 0.772. The lowest BCUT2D eigenvalue weighted by Gasteiger charge is -2.05. The van der Waals surface area contributed by atoms with Gasteiger partial charge in [0, 0.05) is 5.71 Å². The van der Waals surface area contributed by atoms with Gasteiger partial charge in [-0.1, -0.05) is 29.3 Å². The van der Waals surface area contributed by atoms with Crippen LogP contribution in [0.15, 0.2) is 23.3 Å². The molecule has 0 aromatic heterocycles. The molecule has 0 aliphatic rings. The molecule has 0 aliphatic carbocycles. The number of anilines is 1. The Bertz CT molecular complexity index is 310. The van der Waals surface area contributed by atoms with Gasteiger partial charge in [0.15, 0.2) is 0 Å². The summed E-state index contributed by atoms with van der Waals surface area (Å²) in [5, 5.41) is 5.15. The standard InChI is InChI=1S/C9H10Cl2N2/c1-6(2)12-13-9-7(10)4-3-5-8(9)11/h3-5,13H,1-2H3. The van der Waals surface area contributed by atoms with Crippen LogP contribution in [-0.4, -0.2) is 5.71 Å². The monoisotopic (exact) mass is 216 g/mol. The molecule has 0 amide bonds. The summed E-state index contributed by atoms with van der Waals surface area (Å²) in [4.78, 5) is 0. The second-order valence-electron chi connectivity index (χ2n) is 2.77. The highest BCUT2D eigenvalue weighted by Gasteiger charge is 2.02. The van der Waals surface area contributed by atoms with Gasteiger partial charge in [-0.25, -0.2) is 0 Å². The topological polar surface area (TPSA) is 24.4 Å². The van der Waals surface area contributed by atoms with E-state index >= 15 is 0 Å². The van der Waals surface area contributed by atoms with Crippen LogP contribution < -0.4 is 5.43 Å². The fourth-order valence-corrected chi connectivity index (χ4v) is 1.25. The maximum Gasteiger partial charge on any atom is 0.0934 e. The molecule has 1 aromatic rings. The number of hydrogen-bond donors (Lipinski definition) is 1. The first kappa shape index (κ1) is 10.4. The second-order valence-corrected chi connectivity index (χ2v) is 3.58. The predicted molar refractivity (Wildman–Crippen MR) is 58.9 cm³/mol. The zero-order chi connectivity index (χ0) is 9.84. The molecular weight excluding hydrogens is 207 g/mol. The lowest BCUT2D eigenvalue weighted by atomic mass is 10.3. The van der Waals surface area contributed by atoms with Gasteiger partial charge in [0.05, 0.1) is 15.7 Å². The third-order valence-corrected chi connectivity index (χ3v) is 1.98. The van der Waals surface area contributed by atoms with E-state index in [1.54, 1.807) is 18.2 Å². The number of nitrogens with zero attached hydrogens (tertiary/aromatic N) is 1. The molecule has 0 saturated carbocycles. The van der Waals surface area contributed by atoms with Crippen molar-refractivity contribution in [2.75, 3.05) is 5.43 Å². The third kappa shape index (κ3) is 2.90. The van der Waals surface area contributed by atoms with Crippen molar-refractivity contribution in [2.45, 2.75) is 13.8 Å². The van der Waals surface area contributed by atoms with Gasteiger partial charge in [-0.3, -0.25) is 5.43 Å². The molecule has 0 saturated heterocycles. The first-order chi connectivity index (χ1) is 6.11. The largest absolute Gasteiger partial charge is 0.276 e. The molecule has 4 heteroatoms. The van der Waals surface area contributed by atoms with E-state index in [0.29, 0.717) is 15.7 Å². The summed E-state index contributed by atoms with van der Waals surface area (Å²) in [6.45, 7) is 3.77. The van der Waals surface area contributed by atoms with Crippen molar-refractivity contribution in [1.82, 2.24) is 0 Å². The number of halogens is 2. The van der Waals surface area contributed by atoms with Crippen LogP contribution in [0.25, 0.3) is 0 Å². The molecule has 0 bridgehead atoms. The molecule has 1 N–H and O–H groups in total. The molecule has 0 spiro atoms. The highest BCUT2D eigenvalue weighted by Crippen LogP contribution is 2.29. The van der Waals surface area contributed by atoms with Crippen LogP contribution in [0, 0.1) is 0 Å². The van der Waals surface area contributed by atoms with Crippen LogP contribution in [-0.2, 0) is 0 Å². The Kier molecular flexibility index (Phi) is 3.58. The predicted octanol–water partition coefficient (Wildman–Crippen LogP) is 3.80. The first-order valence-corrected chi connectivity index (χ1v) is 4.58. The molecule has 2 nitrogen and oxygen atoms in total. The van der Waals surface area contributed by atoms with Gasteiger partial charge in [-0.2, -0.15) is 5.10 Å². The highest BCUT2D eigenvalue weighted by molar-refractivity contribution is 6.39. The minimum absolute atomic E-state index is 0.567. The maximum absolute atomic E-state index is 5.90. The average Bonchev–Trinajstić information content (AvgIpc) is 2.03. The molecule has 0 heterocycles. The fraction of sp³-hybridized carbons (Fsp3) is 0.222. The zero-order valence-corrected chi connectivity index (χ0v) is 8.95. The van der Waals surface area contributed by atoms with Crippen LogP contribution in [0.5, 0.6) is 0 Å². The molecule has 1 rings (SSSR count). The average molecular weight is 217 g/mol. The minimum atomic E-state index is 0.567. The summed E-state index contributed by atoms with van der Waals surface area (Å²) >= 11 is 11.8. The summed E-state index contributed by atoms with van der Waals surface area (Å²) in [6.07, 6.45) is 0. The van der Waals surface area contributed by atoms with Crippen LogP contribution in [0.2, 0.25) is 10.0 Å². The molecule has 1 aromatic carbocycles. The van der Waals surface area contributed by atoms with Crippen molar-refractivity contribution < 1.29 is 0 Å². The zero-order valence-electron chi connectivity index (χ0n) is 7.44. The minimum Gasteiger partial charge on any atom is -0.276 e. The van der Waals surface area contributed by atoms with Crippen molar-refractivity contribution >= 4 is 34.6 Å². The van der Waals surface area contributed by atoms with Crippen molar-refractivity contribution in [1.29, 1.82) is 0 Å². The Labute approximate surface area is 87.5 Å². The van der Waals surface area contributed by atoms with E-state index in [4.69, 9.17) is 23.2 Å². The van der Waals surface area contributed by atoms with Gasteiger partial charge < -0.3 is 0 Å². The Morgan fingerprint density at radius 1 is 1.23 bits per heavy atom. The van der Waals surface area contributed by atoms with Crippen molar-refractivity contribution in [3.05, 3.63) is 28.2 Å².